The monoisotopic (exact) mass is 449 g/mol. The number of benzene rings is 1. The van der Waals surface area contributed by atoms with E-state index in [0.717, 1.165) is 51.5 Å². The van der Waals surface area contributed by atoms with Crippen LogP contribution in [0.1, 0.15) is 51.9 Å². The summed E-state index contributed by atoms with van der Waals surface area (Å²) >= 11 is 5.88. The minimum atomic E-state index is -0.0183. The molecule has 1 aliphatic carbocycles. The second-order valence-electron chi connectivity index (χ2n) is 8.58. The topological polar surface area (TPSA) is 53.1 Å². The summed E-state index contributed by atoms with van der Waals surface area (Å²) in [6, 6.07) is 7.78. The molecule has 31 heavy (non-hydrogen) atoms. The van der Waals surface area contributed by atoms with Crippen LogP contribution in [0.3, 0.4) is 0 Å². The number of hydrogen-bond acceptors (Lipinski definition) is 4. The van der Waals surface area contributed by atoms with Crippen LogP contribution in [-0.2, 0) is 9.59 Å². The normalized spacial score (nSPS) is 17.3. The van der Waals surface area contributed by atoms with Crippen molar-refractivity contribution in [2.45, 2.75) is 57.9 Å². The van der Waals surface area contributed by atoms with E-state index in [1.165, 1.54) is 19.3 Å². The van der Waals surface area contributed by atoms with E-state index >= 15 is 0 Å². The highest BCUT2D eigenvalue weighted by Gasteiger charge is 2.29. The standard InChI is InChI=1S/C24H36ClN3O3/c1-2-13-27(24(30)19-31-22-11-9-20(25)10-12-22)14-4-3-8-23(29)28-17-15-26(16-18-28)21-6-5-7-21/h9-12,21H,2-8,13-19H2,1H3. The molecule has 2 fully saturated rings. The fraction of sp³-hybridized carbons (Fsp3) is 0.667. The number of ether oxygens (including phenoxy) is 1. The number of amides is 2. The first-order valence-electron chi connectivity index (χ1n) is 11.7. The number of piperazine rings is 1. The van der Waals surface area contributed by atoms with Crippen LogP contribution >= 0.6 is 11.6 Å². The number of halogens is 1. The van der Waals surface area contributed by atoms with Crippen molar-refractivity contribution in [3.8, 4) is 5.75 Å². The van der Waals surface area contributed by atoms with E-state index in [-0.39, 0.29) is 18.4 Å². The molecule has 1 saturated heterocycles. The maximum absolute atomic E-state index is 12.6. The first kappa shape index (κ1) is 23.9. The van der Waals surface area contributed by atoms with Gasteiger partial charge in [0.25, 0.3) is 5.91 Å². The Morgan fingerprint density at radius 2 is 1.77 bits per heavy atom. The van der Waals surface area contributed by atoms with Gasteiger partial charge in [-0.3, -0.25) is 14.5 Å². The Bertz CT molecular complexity index is 701. The van der Waals surface area contributed by atoms with Crippen LogP contribution < -0.4 is 4.74 Å². The van der Waals surface area contributed by atoms with Gasteiger partial charge in [-0.1, -0.05) is 24.9 Å². The quantitative estimate of drug-likeness (QED) is 0.482. The first-order valence-corrected chi connectivity index (χ1v) is 12.1. The van der Waals surface area contributed by atoms with Gasteiger partial charge in [-0.05, 0) is 56.4 Å². The molecule has 3 rings (SSSR count). The Labute approximate surface area is 191 Å². The van der Waals surface area contributed by atoms with E-state index < -0.39 is 0 Å². The molecule has 0 unspecified atom stereocenters. The molecule has 2 aliphatic rings. The van der Waals surface area contributed by atoms with Crippen LogP contribution in [0.5, 0.6) is 5.75 Å². The third kappa shape index (κ3) is 7.39. The lowest BCUT2D eigenvalue weighted by molar-refractivity contribution is -0.133. The van der Waals surface area contributed by atoms with Crippen molar-refractivity contribution in [2.75, 3.05) is 45.9 Å². The third-order valence-corrected chi connectivity index (χ3v) is 6.60. The van der Waals surface area contributed by atoms with Crippen LogP contribution in [0.2, 0.25) is 5.02 Å². The molecule has 0 spiro atoms. The molecule has 0 radical (unpaired) electrons. The maximum atomic E-state index is 12.6. The molecule has 0 N–H and O–H groups in total. The Kier molecular flexibility index (Phi) is 9.47. The Balaban J connectivity index is 1.32. The molecule has 1 aromatic carbocycles. The predicted octanol–water partition coefficient (Wildman–Crippen LogP) is 3.82. The summed E-state index contributed by atoms with van der Waals surface area (Å²) in [6.07, 6.45) is 7.12. The molecular formula is C24H36ClN3O3. The van der Waals surface area contributed by atoms with Gasteiger partial charge in [0.2, 0.25) is 5.91 Å². The smallest absolute Gasteiger partial charge is 0.260 e. The van der Waals surface area contributed by atoms with E-state index in [4.69, 9.17) is 16.3 Å². The zero-order valence-electron chi connectivity index (χ0n) is 18.7. The SMILES string of the molecule is CCCN(CCCCC(=O)N1CCN(C2CCC2)CC1)C(=O)COc1ccc(Cl)cc1. The molecular weight excluding hydrogens is 414 g/mol. The zero-order chi connectivity index (χ0) is 22.1. The summed E-state index contributed by atoms with van der Waals surface area (Å²) in [6.45, 7) is 7.21. The van der Waals surface area contributed by atoms with E-state index in [9.17, 15) is 9.59 Å². The van der Waals surface area contributed by atoms with Crippen molar-refractivity contribution >= 4 is 23.4 Å². The summed E-state index contributed by atoms with van der Waals surface area (Å²) < 4.78 is 5.60. The van der Waals surface area contributed by atoms with Gasteiger partial charge >= 0.3 is 0 Å². The minimum Gasteiger partial charge on any atom is -0.484 e. The van der Waals surface area contributed by atoms with Crippen molar-refractivity contribution in [1.82, 2.24) is 14.7 Å². The Morgan fingerprint density at radius 3 is 2.39 bits per heavy atom. The van der Waals surface area contributed by atoms with Crippen molar-refractivity contribution < 1.29 is 14.3 Å². The number of rotatable bonds is 11. The van der Waals surface area contributed by atoms with Crippen molar-refractivity contribution in [2.24, 2.45) is 0 Å². The average molecular weight is 450 g/mol. The predicted molar refractivity (Wildman–Crippen MR) is 123 cm³/mol. The van der Waals surface area contributed by atoms with Gasteiger partial charge in [0.1, 0.15) is 5.75 Å². The van der Waals surface area contributed by atoms with Crippen molar-refractivity contribution in [3.05, 3.63) is 29.3 Å². The lowest BCUT2D eigenvalue weighted by atomic mass is 9.91. The van der Waals surface area contributed by atoms with Crippen molar-refractivity contribution in [3.63, 3.8) is 0 Å². The Hall–Kier alpha value is -1.79. The molecule has 0 bridgehead atoms. The third-order valence-electron chi connectivity index (χ3n) is 6.35. The Morgan fingerprint density at radius 1 is 1.06 bits per heavy atom. The number of nitrogens with zero attached hydrogens (tertiary/aromatic N) is 3. The molecule has 0 aromatic heterocycles. The average Bonchev–Trinajstić information content (AvgIpc) is 2.74. The number of carbonyl (C=O) groups excluding carboxylic acids is 2. The van der Waals surface area contributed by atoms with Crippen molar-refractivity contribution in [1.29, 1.82) is 0 Å². The number of hydrogen-bond donors (Lipinski definition) is 0. The van der Waals surface area contributed by atoms with Gasteiger partial charge in [-0.15, -0.1) is 0 Å². The van der Waals surface area contributed by atoms with Gasteiger partial charge in [-0.2, -0.15) is 0 Å². The van der Waals surface area contributed by atoms with E-state index in [1.807, 2.05) is 9.80 Å². The van der Waals surface area contributed by atoms with Gasteiger partial charge in [-0.25, -0.2) is 0 Å². The number of carbonyl (C=O) groups is 2. The summed E-state index contributed by atoms with van der Waals surface area (Å²) in [5, 5.41) is 0.640. The summed E-state index contributed by atoms with van der Waals surface area (Å²) in [5.41, 5.74) is 0. The maximum Gasteiger partial charge on any atom is 0.260 e. The lowest BCUT2D eigenvalue weighted by Gasteiger charge is -2.43. The lowest BCUT2D eigenvalue weighted by Crippen LogP contribution is -2.53. The summed E-state index contributed by atoms with van der Waals surface area (Å²) in [5.74, 6) is 0.875. The van der Waals surface area contributed by atoms with Crippen LogP contribution in [0, 0.1) is 0 Å². The second-order valence-corrected chi connectivity index (χ2v) is 9.02. The fourth-order valence-corrected chi connectivity index (χ4v) is 4.35. The van der Waals surface area contributed by atoms with Gasteiger partial charge in [0.05, 0.1) is 0 Å². The molecule has 1 heterocycles. The van der Waals surface area contributed by atoms with Crippen LogP contribution in [0.4, 0.5) is 0 Å². The highest BCUT2D eigenvalue weighted by atomic mass is 35.5. The van der Waals surface area contributed by atoms with E-state index in [1.54, 1.807) is 24.3 Å². The minimum absolute atomic E-state index is 0.0183. The molecule has 2 amide bonds. The molecule has 1 aliphatic heterocycles. The first-order chi connectivity index (χ1) is 15.1. The largest absolute Gasteiger partial charge is 0.484 e. The molecule has 7 heteroatoms. The number of unbranched alkanes of at least 4 members (excludes halogenated alkanes) is 1. The molecule has 1 saturated carbocycles. The van der Waals surface area contributed by atoms with Crippen LogP contribution in [0.25, 0.3) is 0 Å². The molecule has 6 nitrogen and oxygen atoms in total. The van der Waals surface area contributed by atoms with Crippen LogP contribution in [-0.4, -0.2) is 78.4 Å². The van der Waals surface area contributed by atoms with E-state index in [0.29, 0.717) is 30.3 Å². The van der Waals surface area contributed by atoms with Gasteiger partial charge in [0.15, 0.2) is 6.61 Å². The zero-order valence-corrected chi connectivity index (χ0v) is 19.5. The molecule has 172 valence electrons. The molecule has 1 aromatic rings. The molecule has 0 atom stereocenters. The highest BCUT2D eigenvalue weighted by Crippen LogP contribution is 2.25. The van der Waals surface area contributed by atoms with Gasteiger partial charge < -0.3 is 14.5 Å². The van der Waals surface area contributed by atoms with Gasteiger partial charge in [0, 0.05) is 56.8 Å². The van der Waals surface area contributed by atoms with Crippen LogP contribution in [0.15, 0.2) is 24.3 Å². The summed E-state index contributed by atoms with van der Waals surface area (Å²) in [7, 11) is 0. The second kappa shape index (κ2) is 12.3. The summed E-state index contributed by atoms with van der Waals surface area (Å²) in [4.78, 5) is 31.5. The van der Waals surface area contributed by atoms with E-state index in [2.05, 4.69) is 11.8 Å². The fourth-order valence-electron chi connectivity index (χ4n) is 4.22. The highest BCUT2D eigenvalue weighted by molar-refractivity contribution is 6.30.